The fraction of sp³-hybridized carbons (Fsp3) is 0.235. The lowest BCUT2D eigenvalue weighted by molar-refractivity contribution is 0.0953. The second-order valence-corrected chi connectivity index (χ2v) is 7.26. The second kappa shape index (κ2) is 8.05. The standard InChI is InChI=1S/C17H21N3O3S/c1-13(10-11-14-6-3-2-4-7-14)20-24(22,23)16-9-5-8-15(12-16)17(21)19-18/h2-9,12-13,20H,10-11,18H2,1H3,(H,19,21)/t13-/m0/s1. The van der Waals surface area contributed by atoms with Gasteiger partial charge in [0.05, 0.1) is 4.90 Å². The van der Waals surface area contributed by atoms with E-state index in [0.717, 1.165) is 12.0 Å². The Morgan fingerprint density at radius 3 is 2.50 bits per heavy atom. The van der Waals surface area contributed by atoms with E-state index in [4.69, 9.17) is 5.84 Å². The number of carbonyl (C=O) groups is 1. The van der Waals surface area contributed by atoms with E-state index in [2.05, 4.69) is 4.72 Å². The summed E-state index contributed by atoms with van der Waals surface area (Å²) in [5.41, 5.74) is 3.33. The first-order valence-electron chi connectivity index (χ1n) is 7.59. The Balaban J connectivity index is 2.03. The van der Waals surface area contributed by atoms with Crippen LogP contribution in [0.5, 0.6) is 0 Å². The molecule has 0 bridgehead atoms. The van der Waals surface area contributed by atoms with Crippen LogP contribution in [0.4, 0.5) is 0 Å². The molecule has 0 aromatic heterocycles. The molecule has 2 aromatic rings. The zero-order valence-electron chi connectivity index (χ0n) is 13.4. The maximum atomic E-state index is 12.4. The van der Waals surface area contributed by atoms with Gasteiger partial charge in [0, 0.05) is 11.6 Å². The van der Waals surface area contributed by atoms with E-state index >= 15 is 0 Å². The minimum absolute atomic E-state index is 0.0372. The number of amides is 1. The molecular weight excluding hydrogens is 326 g/mol. The first-order chi connectivity index (χ1) is 11.4. The van der Waals surface area contributed by atoms with Gasteiger partial charge in [0.1, 0.15) is 0 Å². The molecule has 6 nitrogen and oxygen atoms in total. The second-order valence-electron chi connectivity index (χ2n) is 5.55. The van der Waals surface area contributed by atoms with E-state index in [9.17, 15) is 13.2 Å². The third-order valence-electron chi connectivity index (χ3n) is 3.60. The van der Waals surface area contributed by atoms with E-state index in [-0.39, 0.29) is 16.5 Å². The number of nitrogens with one attached hydrogen (secondary N) is 2. The molecule has 0 fully saturated rings. The minimum Gasteiger partial charge on any atom is -0.290 e. The van der Waals surface area contributed by atoms with Crippen molar-refractivity contribution in [2.75, 3.05) is 0 Å². The smallest absolute Gasteiger partial charge is 0.265 e. The molecule has 0 radical (unpaired) electrons. The highest BCUT2D eigenvalue weighted by Gasteiger charge is 2.18. The molecule has 0 saturated heterocycles. The fourth-order valence-corrected chi connectivity index (χ4v) is 3.63. The summed E-state index contributed by atoms with van der Waals surface area (Å²) in [6.45, 7) is 1.82. The molecule has 1 atom stereocenters. The molecule has 0 spiro atoms. The van der Waals surface area contributed by atoms with E-state index in [1.54, 1.807) is 0 Å². The summed E-state index contributed by atoms with van der Waals surface area (Å²) in [5.74, 6) is 4.54. The van der Waals surface area contributed by atoms with Crippen molar-refractivity contribution < 1.29 is 13.2 Å². The van der Waals surface area contributed by atoms with Crippen LogP contribution in [0.15, 0.2) is 59.5 Å². The number of carbonyl (C=O) groups excluding carboxylic acids is 1. The average Bonchev–Trinajstić information content (AvgIpc) is 2.60. The van der Waals surface area contributed by atoms with Gasteiger partial charge >= 0.3 is 0 Å². The monoisotopic (exact) mass is 347 g/mol. The Kier molecular flexibility index (Phi) is 6.08. The number of rotatable bonds is 7. The summed E-state index contributed by atoms with van der Waals surface area (Å²) in [5, 5.41) is 0. The Morgan fingerprint density at radius 2 is 1.83 bits per heavy atom. The van der Waals surface area contributed by atoms with Crippen LogP contribution in [-0.4, -0.2) is 20.4 Å². The van der Waals surface area contributed by atoms with E-state index in [0.29, 0.717) is 6.42 Å². The maximum absolute atomic E-state index is 12.4. The lowest BCUT2D eigenvalue weighted by Gasteiger charge is -2.14. The molecule has 128 valence electrons. The van der Waals surface area contributed by atoms with Crippen molar-refractivity contribution in [1.82, 2.24) is 10.1 Å². The average molecular weight is 347 g/mol. The lowest BCUT2D eigenvalue weighted by Crippen LogP contribution is -2.33. The summed E-state index contributed by atoms with van der Waals surface area (Å²) in [4.78, 5) is 11.6. The molecule has 7 heteroatoms. The Morgan fingerprint density at radius 1 is 1.12 bits per heavy atom. The SMILES string of the molecule is C[C@@H](CCc1ccccc1)NS(=O)(=O)c1cccc(C(=O)NN)c1. The first kappa shape index (κ1) is 18.1. The van der Waals surface area contributed by atoms with Gasteiger partial charge in [-0.1, -0.05) is 36.4 Å². The van der Waals surface area contributed by atoms with Gasteiger partial charge in [0.2, 0.25) is 10.0 Å². The lowest BCUT2D eigenvalue weighted by atomic mass is 10.1. The summed E-state index contributed by atoms with van der Waals surface area (Å²) in [6.07, 6.45) is 1.45. The van der Waals surface area contributed by atoms with Crippen LogP contribution < -0.4 is 16.0 Å². The van der Waals surface area contributed by atoms with Gasteiger partial charge in [-0.3, -0.25) is 10.2 Å². The molecule has 24 heavy (non-hydrogen) atoms. The predicted molar refractivity (Wildman–Crippen MR) is 92.6 cm³/mol. The Bertz CT molecular complexity index is 792. The molecule has 4 N–H and O–H groups in total. The highest BCUT2D eigenvalue weighted by Crippen LogP contribution is 2.13. The van der Waals surface area contributed by atoms with Crippen molar-refractivity contribution in [2.24, 2.45) is 5.84 Å². The Labute approximate surface area is 142 Å². The topological polar surface area (TPSA) is 101 Å². The molecule has 2 aromatic carbocycles. The number of hydrogen-bond acceptors (Lipinski definition) is 4. The predicted octanol–water partition coefficient (Wildman–Crippen LogP) is 1.59. The van der Waals surface area contributed by atoms with Crippen molar-refractivity contribution in [3.63, 3.8) is 0 Å². The quantitative estimate of drug-likeness (QED) is 0.402. The number of sulfonamides is 1. The van der Waals surface area contributed by atoms with Gasteiger partial charge < -0.3 is 0 Å². The van der Waals surface area contributed by atoms with Gasteiger partial charge in [-0.15, -0.1) is 0 Å². The zero-order valence-corrected chi connectivity index (χ0v) is 14.2. The molecular formula is C17H21N3O3S. The summed E-state index contributed by atoms with van der Waals surface area (Å²) in [6, 6.07) is 15.4. The van der Waals surface area contributed by atoms with Crippen LogP contribution >= 0.6 is 0 Å². The van der Waals surface area contributed by atoms with Crippen LogP contribution in [0.1, 0.15) is 29.3 Å². The number of nitrogen functional groups attached to an aromatic ring is 1. The molecule has 0 saturated carbocycles. The van der Waals surface area contributed by atoms with E-state index in [1.807, 2.05) is 42.7 Å². The third kappa shape index (κ3) is 4.89. The van der Waals surface area contributed by atoms with Gasteiger partial charge in [0.25, 0.3) is 5.91 Å². The van der Waals surface area contributed by atoms with Crippen LogP contribution in [0, 0.1) is 0 Å². The van der Waals surface area contributed by atoms with Crippen LogP contribution in [0.25, 0.3) is 0 Å². The van der Waals surface area contributed by atoms with Gasteiger partial charge in [-0.05, 0) is 43.5 Å². The fourth-order valence-electron chi connectivity index (χ4n) is 2.31. The van der Waals surface area contributed by atoms with E-state index < -0.39 is 15.9 Å². The molecule has 1 amide bonds. The first-order valence-corrected chi connectivity index (χ1v) is 9.08. The summed E-state index contributed by atoms with van der Waals surface area (Å²) >= 11 is 0. The molecule has 2 rings (SSSR count). The van der Waals surface area contributed by atoms with Crippen LogP contribution in [-0.2, 0) is 16.4 Å². The molecule has 0 aliphatic rings. The van der Waals surface area contributed by atoms with Crippen molar-refractivity contribution in [1.29, 1.82) is 0 Å². The maximum Gasteiger partial charge on any atom is 0.265 e. The summed E-state index contributed by atoms with van der Waals surface area (Å²) in [7, 11) is -3.70. The number of nitrogens with two attached hydrogens (primary N) is 1. The van der Waals surface area contributed by atoms with Gasteiger partial charge in [-0.25, -0.2) is 19.0 Å². The highest BCUT2D eigenvalue weighted by atomic mass is 32.2. The number of hydrazine groups is 1. The molecule has 0 aliphatic carbocycles. The third-order valence-corrected chi connectivity index (χ3v) is 5.19. The summed E-state index contributed by atoms with van der Waals surface area (Å²) < 4.78 is 27.5. The van der Waals surface area contributed by atoms with E-state index in [1.165, 1.54) is 24.3 Å². The van der Waals surface area contributed by atoms with Crippen LogP contribution in [0.3, 0.4) is 0 Å². The normalized spacial score (nSPS) is 12.6. The number of benzene rings is 2. The van der Waals surface area contributed by atoms with Crippen molar-refractivity contribution in [3.8, 4) is 0 Å². The zero-order chi connectivity index (χ0) is 17.6. The minimum atomic E-state index is -3.70. The molecule has 0 aliphatic heterocycles. The molecule has 0 heterocycles. The van der Waals surface area contributed by atoms with Crippen molar-refractivity contribution >= 4 is 15.9 Å². The van der Waals surface area contributed by atoms with Gasteiger partial charge in [-0.2, -0.15) is 0 Å². The largest absolute Gasteiger partial charge is 0.290 e. The van der Waals surface area contributed by atoms with Crippen molar-refractivity contribution in [2.45, 2.75) is 30.7 Å². The number of hydrogen-bond donors (Lipinski definition) is 3. The molecule has 0 unspecified atom stereocenters. The Hall–Kier alpha value is -2.22. The number of aryl methyl sites for hydroxylation is 1. The van der Waals surface area contributed by atoms with Crippen molar-refractivity contribution in [3.05, 3.63) is 65.7 Å². The van der Waals surface area contributed by atoms with Gasteiger partial charge in [0.15, 0.2) is 0 Å². The van der Waals surface area contributed by atoms with Crippen LogP contribution in [0.2, 0.25) is 0 Å². The highest BCUT2D eigenvalue weighted by molar-refractivity contribution is 7.89.